The van der Waals surface area contributed by atoms with Gasteiger partial charge in [-0.05, 0) is 18.2 Å². The van der Waals surface area contributed by atoms with E-state index in [2.05, 4.69) is 13.2 Å². The molecule has 0 aliphatic heterocycles. The maximum atomic E-state index is 12.1. The lowest BCUT2D eigenvalue weighted by Crippen LogP contribution is -2.31. The lowest BCUT2D eigenvalue weighted by molar-refractivity contribution is 0.0787. The van der Waals surface area contributed by atoms with Gasteiger partial charge in [-0.15, -0.1) is 13.2 Å². The minimum atomic E-state index is -0.377. The fraction of sp³-hybridized carbons (Fsp3) is 0.154. The molecule has 4 nitrogen and oxygen atoms in total. The van der Waals surface area contributed by atoms with E-state index in [9.17, 15) is 15.0 Å². The van der Waals surface area contributed by atoms with Gasteiger partial charge in [0.15, 0.2) is 0 Å². The maximum Gasteiger partial charge on any atom is 0.258 e. The van der Waals surface area contributed by atoms with Crippen LogP contribution < -0.4 is 0 Å². The van der Waals surface area contributed by atoms with Gasteiger partial charge in [-0.3, -0.25) is 4.79 Å². The summed E-state index contributed by atoms with van der Waals surface area (Å²) >= 11 is 0. The van der Waals surface area contributed by atoms with E-state index in [1.54, 1.807) is 12.2 Å². The molecule has 1 aromatic rings. The first-order valence-electron chi connectivity index (χ1n) is 5.13. The number of rotatable bonds is 5. The molecule has 2 N–H and O–H groups in total. The van der Waals surface area contributed by atoms with Crippen LogP contribution in [0, 0.1) is 0 Å². The second kappa shape index (κ2) is 5.75. The smallest absolute Gasteiger partial charge is 0.258 e. The van der Waals surface area contributed by atoms with Gasteiger partial charge >= 0.3 is 0 Å². The van der Waals surface area contributed by atoms with Crippen LogP contribution in [0.3, 0.4) is 0 Å². The summed E-state index contributed by atoms with van der Waals surface area (Å²) in [6.45, 7) is 7.81. The van der Waals surface area contributed by atoms with E-state index in [1.807, 2.05) is 0 Å². The molecule has 0 saturated carbocycles. The standard InChI is InChI=1S/C13H15NO3/c1-3-7-14(8-4-2)13(17)11-9-10(15)5-6-12(11)16/h3-6,9,15-16H,1-2,7-8H2. The Balaban J connectivity index is 3.03. The largest absolute Gasteiger partial charge is 0.508 e. The monoisotopic (exact) mass is 233 g/mol. The van der Waals surface area contributed by atoms with Crippen molar-refractivity contribution >= 4 is 5.91 Å². The molecule has 1 amide bonds. The summed E-state index contributed by atoms with van der Waals surface area (Å²) < 4.78 is 0. The highest BCUT2D eigenvalue weighted by Crippen LogP contribution is 2.23. The second-order valence-electron chi connectivity index (χ2n) is 3.49. The van der Waals surface area contributed by atoms with Crippen LogP contribution in [-0.4, -0.2) is 34.1 Å². The average molecular weight is 233 g/mol. The third-order valence-electron chi connectivity index (χ3n) is 2.20. The Labute approximate surface area is 100 Å². The van der Waals surface area contributed by atoms with Crippen LogP contribution in [0.2, 0.25) is 0 Å². The van der Waals surface area contributed by atoms with Gasteiger partial charge in [0, 0.05) is 13.1 Å². The van der Waals surface area contributed by atoms with Crippen molar-refractivity contribution in [2.45, 2.75) is 0 Å². The number of phenolic OH excluding ortho intramolecular Hbond substituents is 2. The van der Waals surface area contributed by atoms with Gasteiger partial charge in [0.2, 0.25) is 0 Å². The van der Waals surface area contributed by atoms with Crippen molar-refractivity contribution in [3.05, 3.63) is 49.1 Å². The minimum absolute atomic E-state index is 0.0636. The van der Waals surface area contributed by atoms with Crippen LogP contribution in [-0.2, 0) is 0 Å². The lowest BCUT2D eigenvalue weighted by atomic mass is 10.1. The van der Waals surface area contributed by atoms with Crippen molar-refractivity contribution in [1.29, 1.82) is 0 Å². The van der Waals surface area contributed by atoms with Crippen LogP contribution in [0.5, 0.6) is 11.5 Å². The number of phenols is 2. The van der Waals surface area contributed by atoms with E-state index in [0.29, 0.717) is 13.1 Å². The molecule has 0 aromatic heterocycles. The summed E-state index contributed by atoms with van der Waals surface area (Å²) in [6, 6.07) is 3.83. The van der Waals surface area contributed by atoms with Gasteiger partial charge in [-0.2, -0.15) is 0 Å². The van der Waals surface area contributed by atoms with Gasteiger partial charge in [-0.25, -0.2) is 0 Å². The lowest BCUT2D eigenvalue weighted by Gasteiger charge is -2.19. The van der Waals surface area contributed by atoms with Crippen molar-refractivity contribution in [2.24, 2.45) is 0 Å². The fourth-order valence-corrected chi connectivity index (χ4v) is 1.42. The molecular formula is C13H15NO3. The Hall–Kier alpha value is -2.23. The van der Waals surface area contributed by atoms with Crippen molar-refractivity contribution in [3.63, 3.8) is 0 Å². The summed E-state index contributed by atoms with van der Waals surface area (Å²) in [5.41, 5.74) is 0.0636. The minimum Gasteiger partial charge on any atom is -0.508 e. The fourth-order valence-electron chi connectivity index (χ4n) is 1.42. The number of hydrogen-bond acceptors (Lipinski definition) is 3. The molecule has 0 saturated heterocycles. The zero-order valence-corrected chi connectivity index (χ0v) is 9.47. The Morgan fingerprint density at radius 1 is 1.24 bits per heavy atom. The third kappa shape index (κ3) is 3.11. The van der Waals surface area contributed by atoms with Crippen molar-refractivity contribution in [2.75, 3.05) is 13.1 Å². The van der Waals surface area contributed by atoms with Crippen LogP contribution >= 0.6 is 0 Å². The summed E-state index contributed by atoms with van der Waals surface area (Å²) in [5.74, 6) is -0.604. The van der Waals surface area contributed by atoms with Crippen LogP contribution in [0.15, 0.2) is 43.5 Å². The molecule has 0 aliphatic carbocycles. The number of aromatic hydroxyl groups is 2. The summed E-state index contributed by atoms with van der Waals surface area (Å²) in [7, 11) is 0. The number of carbonyl (C=O) groups excluding carboxylic acids is 1. The SMILES string of the molecule is C=CCN(CC=C)C(=O)c1cc(O)ccc1O. The highest BCUT2D eigenvalue weighted by molar-refractivity contribution is 5.97. The first-order chi connectivity index (χ1) is 8.10. The van der Waals surface area contributed by atoms with Crippen molar-refractivity contribution in [1.82, 2.24) is 4.90 Å². The molecule has 4 heteroatoms. The highest BCUT2D eigenvalue weighted by atomic mass is 16.3. The average Bonchev–Trinajstić information content (AvgIpc) is 2.31. The highest BCUT2D eigenvalue weighted by Gasteiger charge is 2.17. The summed E-state index contributed by atoms with van der Waals surface area (Å²) in [6.07, 6.45) is 3.17. The molecule has 0 aliphatic rings. The van der Waals surface area contributed by atoms with Crippen molar-refractivity contribution in [3.8, 4) is 11.5 Å². The Kier molecular flexibility index (Phi) is 4.34. The normalized spacial score (nSPS) is 9.65. The summed E-state index contributed by atoms with van der Waals surface area (Å²) in [4.78, 5) is 13.5. The van der Waals surface area contributed by atoms with Crippen molar-refractivity contribution < 1.29 is 15.0 Å². The van der Waals surface area contributed by atoms with E-state index in [0.717, 1.165) is 0 Å². The molecule has 0 fully saturated rings. The molecule has 0 heterocycles. The van der Waals surface area contributed by atoms with E-state index in [4.69, 9.17) is 0 Å². The molecule has 17 heavy (non-hydrogen) atoms. The Bertz CT molecular complexity index is 430. The van der Waals surface area contributed by atoms with Gasteiger partial charge in [0.1, 0.15) is 11.5 Å². The summed E-state index contributed by atoms with van der Waals surface area (Å²) in [5, 5.41) is 18.9. The first-order valence-corrected chi connectivity index (χ1v) is 5.13. The molecule has 0 atom stereocenters. The quantitative estimate of drug-likeness (QED) is 0.603. The van der Waals surface area contributed by atoms with Crippen LogP contribution in [0.25, 0.3) is 0 Å². The third-order valence-corrected chi connectivity index (χ3v) is 2.20. The number of carbonyl (C=O) groups is 1. The molecule has 0 bridgehead atoms. The number of amides is 1. The molecule has 1 aromatic carbocycles. The molecular weight excluding hydrogens is 218 g/mol. The topological polar surface area (TPSA) is 60.8 Å². The molecule has 0 unspecified atom stereocenters. The number of nitrogens with zero attached hydrogens (tertiary/aromatic N) is 1. The number of benzene rings is 1. The van der Waals surface area contributed by atoms with Gasteiger partial charge in [0.05, 0.1) is 5.56 Å². The van der Waals surface area contributed by atoms with E-state index < -0.39 is 0 Å². The predicted molar refractivity (Wildman–Crippen MR) is 66.1 cm³/mol. The second-order valence-corrected chi connectivity index (χ2v) is 3.49. The van der Waals surface area contributed by atoms with E-state index >= 15 is 0 Å². The predicted octanol–water partition coefficient (Wildman–Crippen LogP) is 1.91. The number of hydrogen-bond donors (Lipinski definition) is 2. The van der Waals surface area contributed by atoms with Gasteiger partial charge < -0.3 is 15.1 Å². The van der Waals surface area contributed by atoms with E-state index in [1.165, 1.54) is 23.1 Å². The Morgan fingerprint density at radius 2 is 1.82 bits per heavy atom. The molecule has 90 valence electrons. The zero-order valence-electron chi connectivity index (χ0n) is 9.47. The van der Waals surface area contributed by atoms with Crippen LogP contribution in [0.4, 0.5) is 0 Å². The van der Waals surface area contributed by atoms with Gasteiger partial charge in [0.25, 0.3) is 5.91 Å². The van der Waals surface area contributed by atoms with Gasteiger partial charge in [-0.1, -0.05) is 12.2 Å². The molecule has 1 rings (SSSR count). The molecule has 0 radical (unpaired) electrons. The zero-order chi connectivity index (χ0) is 12.8. The first kappa shape index (κ1) is 12.8. The Morgan fingerprint density at radius 3 is 2.35 bits per heavy atom. The maximum absolute atomic E-state index is 12.1. The van der Waals surface area contributed by atoms with E-state index in [-0.39, 0.29) is 23.0 Å². The molecule has 0 spiro atoms. The van der Waals surface area contributed by atoms with Crippen LogP contribution in [0.1, 0.15) is 10.4 Å².